The molecule has 2 fully saturated rings. The van der Waals surface area contributed by atoms with Crippen molar-refractivity contribution in [2.75, 3.05) is 44.8 Å². The molecule has 6 nitrogen and oxygen atoms in total. The minimum Gasteiger partial charge on any atom is -0.381 e. The van der Waals surface area contributed by atoms with Crippen LogP contribution in [0.4, 0.5) is 5.82 Å². The normalized spacial score (nSPS) is 20.8. The molecule has 7 heteroatoms. The van der Waals surface area contributed by atoms with E-state index in [1.165, 1.54) is 12.8 Å². The van der Waals surface area contributed by atoms with Gasteiger partial charge < -0.3 is 20.3 Å². The molecule has 1 saturated carbocycles. The molecule has 138 valence electrons. The number of pyridine rings is 1. The minimum absolute atomic E-state index is 0.343. The zero-order chi connectivity index (χ0) is 17.5. The standard InChI is InChI=1S/C18H28ClN5O/c1-20-18(22-9-3-11-25-13-14-5-6-14)23-15-7-10-24(12-15)17-16(19)4-2-8-21-17/h2,4,8,14-15H,3,5-7,9-13H2,1H3,(H2,20,22,23). The van der Waals surface area contributed by atoms with Crippen LogP contribution in [-0.2, 0) is 4.74 Å². The molecule has 1 unspecified atom stereocenters. The molecule has 1 atom stereocenters. The molecule has 1 aromatic rings. The largest absolute Gasteiger partial charge is 0.381 e. The Morgan fingerprint density at radius 1 is 1.44 bits per heavy atom. The smallest absolute Gasteiger partial charge is 0.191 e. The fraction of sp³-hybridized carbons (Fsp3) is 0.667. The Morgan fingerprint density at radius 3 is 3.08 bits per heavy atom. The van der Waals surface area contributed by atoms with Crippen LogP contribution in [-0.4, -0.2) is 56.9 Å². The maximum atomic E-state index is 6.25. The van der Waals surface area contributed by atoms with Crippen LogP contribution in [0.25, 0.3) is 0 Å². The lowest BCUT2D eigenvalue weighted by atomic mass is 10.3. The van der Waals surface area contributed by atoms with Crippen molar-refractivity contribution >= 4 is 23.4 Å². The van der Waals surface area contributed by atoms with Gasteiger partial charge in [-0.15, -0.1) is 0 Å². The summed E-state index contributed by atoms with van der Waals surface area (Å²) in [5.74, 6) is 2.55. The van der Waals surface area contributed by atoms with E-state index in [4.69, 9.17) is 16.3 Å². The zero-order valence-electron chi connectivity index (χ0n) is 14.9. The van der Waals surface area contributed by atoms with Crippen LogP contribution < -0.4 is 15.5 Å². The third kappa shape index (κ3) is 5.75. The van der Waals surface area contributed by atoms with Gasteiger partial charge in [-0.25, -0.2) is 4.98 Å². The first-order valence-corrected chi connectivity index (χ1v) is 9.54. The predicted octanol–water partition coefficient (Wildman–Crippen LogP) is 2.30. The van der Waals surface area contributed by atoms with Gasteiger partial charge in [0.15, 0.2) is 5.96 Å². The summed E-state index contributed by atoms with van der Waals surface area (Å²) in [7, 11) is 1.81. The van der Waals surface area contributed by atoms with Crippen LogP contribution in [0.3, 0.4) is 0 Å². The number of rotatable bonds is 8. The van der Waals surface area contributed by atoms with Crippen molar-refractivity contribution in [1.82, 2.24) is 15.6 Å². The van der Waals surface area contributed by atoms with Gasteiger partial charge in [-0.1, -0.05) is 11.6 Å². The molecule has 0 amide bonds. The minimum atomic E-state index is 0.343. The van der Waals surface area contributed by atoms with E-state index in [-0.39, 0.29) is 0 Å². The molecule has 1 saturated heterocycles. The summed E-state index contributed by atoms with van der Waals surface area (Å²) in [6.07, 6.45) is 6.51. The molecule has 2 aliphatic rings. The van der Waals surface area contributed by atoms with Crippen LogP contribution in [0, 0.1) is 5.92 Å². The molecule has 1 aliphatic heterocycles. The van der Waals surface area contributed by atoms with E-state index in [1.54, 1.807) is 13.2 Å². The van der Waals surface area contributed by atoms with E-state index < -0.39 is 0 Å². The van der Waals surface area contributed by atoms with Gasteiger partial charge in [0.1, 0.15) is 5.82 Å². The number of hydrogen-bond acceptors (Lipinski definition) is 4. The number of aromatic nitrogens is 1. The summed E-state index contributed by atoms with van der Waals surface area (Å²) in [5, 5.41) is 7.56. The third-order valence-electron chi connectivity index (χ3n) is 4.60. The molecule has 1 aromatic heterocycles. The fourth-order valence-corrected chi connectivity index (χ4v) is 3.23. The summed E-state index contributed by atoms with van der Waals surface area (Å²) in [5.41, 5.74) is 0. The van der Waals surface area contributed by atoms with E-state index in [0.717, 1.165) is 63.4 Å². The summed E-state index contributed by atoms with van der Waals surface area (Å²) in [6, 6.07) is 4.09. The first kappa shape index (κ1) is 18.3. The van der Waals surface area contributed by atoms with Crippen molar-refractivity contribution in [3.63, 3.8) is 0 Å². The Morgan fingerprint density at radius 2 is 2.32 bits per heavy atom. The second kappa shape index (κ2) is 9.25. The van der Waals surface area contributed by atoms with Crippen LogP contribution in [0.15, 0.2) is 23.3 Å². The van der Waals surface area contributed by atoms with Crippen molar-refractivity contribution in [3.8, 4) is 0 Å². The van der Waals surface area contributed by atoms with Crippen molar-refractivity contribution in [2.45, 2.75) is 31.7 Å². The first-order chi connectivity index (χ1) is 12.3. The summed E-state index contributed by atoms with van der Waals surface area (Å²) in [4.78, 5) is 10.9. The SMILES string of the molecule is CN=C(NCCCOCC1CC1)NC1CCN(c2ncccc2Cl)C1. The van der Waals surface area contributed by atoms with Gasteiger partial charge in [0.2, 0.25) is 0 Å². The lowest BCUT2D eigenvalue weighted by molar-refractivity contribution is 0.123. The van der Waals surface area contributed by atoms with E-state index in [9.17, 15) is 0 Å². The molecule has 0 bridgehead atoms. The molecule has 2 N–H and O–H groups in total. The topological polar surface area (TPSA) is 61.8 Å². The van der Waals surface area contributed by atoms with Gasteiger partial charge in [-0.05, 0) is 43.7 Å². The highest BCUT2D eigenvalue weighted by Crippen LogP contribution is 2.28. The highest BCUT2D eigenvalue weighted by Gasteiger charge is 2.25. The maximum Gasteiger partial charge on any atom is 0.191 e. The molecule has 0 aromatic carbocycles. The lowest BCUT2D eigenvalue weighted by Gasteiger charge is -2.20. The van der Waals surface area contributed by atoms with Crippen molar-refractivity contribution in [2.24, 2.45) is 10.9 Å². The van der Waals surface area contributed by atoms with Crippen LogP contribution >= 0.6 is 11.6 Å². The van der Waals surface area contributed by atoms with Crippen molar-refractivity contribution in [3.05, 3.63) is 23.4 Å². The van der Waals surface area contributed by atoms with Crippen LogP contribution in [0.1, 0.15) is 25.7 Å². The number of guanidine groups is 1. The predicted molar refractivity (Wildman–Crippen MR) is 103 cm³/mol. The van der Waals surface area contributed by atoms with Gasteiger partial charge in [0.05, 0.1) is 5.02 Å². The molecular weight excluding hydrogens is 338 g/mol. The Hall–Kier alpha value is -1.53. The average molecular weight is 366 g/mol. The van der Waals surface area contributed by atoms with Crippen LogP contribution in [0.5, 0.6) is 0 Å². The second-order valence-corrected chi connectivity index (χ2v) is 7.16. The second-order valence-electron chi connectivity index (χ2n) is 6.76. The number of nitrogens with one attached hydrogen (secondary N) is 2. The Balaban J connectivity index is 1.35. The molecule has 0 radical (unpaired) electrons. The molecule has 2 heterocycles. The van der Waals surface area contributed by atoms with Gasteiger partial charge in [0, 0.05) is 52.1 Å². The molecule has 0 spiro atoms. The monoisotopic (exact) mass is 365 g/mol. The maximum absolute atomic E-state index is 6.25. The molecule has 1 aliphatic carbocycles. The number of hydrogen-bond donors (Lipinski definition) is 2. The lowest BCUT2D eigenvalue weighted by Crippen LogP contribution is -2.45. The Kier molecular flexibility index (Phi) is 6.76. The molecular formula is C18H28ClN5O. The quantitative estimate of drug-likeness (QED) is 0.420. The van der Waals surface area contributed by atoms with E-state index in [0.29, 0.717) is 11.1 Å². The van der Waals surface area contributed by atoms with Crippen molar-refractivity contribution in [1.29, 1.82) is 0 Å². The Bertz CT molecular complexity index is 578. The zero-order valence-corrected chi connectivity index (χ0v) is 15.6. The number of ether oxygens (including phenoxy) is 1. The molecule has 25 heavy (non-hydrogen) atoms. The molecule has 3 rings (SSSR count). The average Bonchev–Trinajstić information content (AvgIpc) is 3.34. The van der Waals surface area contributed by atoms with Crippen molar-refractivity contribution < 1.29 is 4.74 Å². The number of halogens is 1. The summed E-state index contributed by atoms with van der Waals surface area (Å²) >= 11 is 6.25. The first-order valence-electron chi connectivity index (χ1n) is 9.16. The summed E-state index contributed by atoms with van der Waals surface area (Å²) < 4.78 is 5.65. The van der Waals surface area contributed by atoms with Gasteiger partial charge in [-0.2, -0.15) is 0 Å². The van der Waals surface area contributed by atoms with E-state index >= 15 is 0 Å². The Labute approximate surface area is 155 Å². The third-order valence-corrected chi connectivity index (χ3v) is 4.89. The number of aliphatic imine (C=N–C) groups is 1. The van der Waals surface area contributed by atoms with Crippen LogP contribution in [0.2, 0.25) is 5.02 Å². The summed E-state index contributed by atoms with van der Waals surface area (Å²) in [6.45, 7) is 4.44. The van der Waals surface area contributed by atoms with E-state index in [2.05, 4.69) is 25.5 Å². The number of nitrogens with zero attached hydrogens (tertiary/aromatic N) is 3. The highest BCUT2D eigenvalue weighted by atomic mass is 35.5. The van der Waals surface area contributed by atoms with E-state index in [1.807, 2.05) is 12.1 Å². The van der Waals surface area contributed by atoms with Gasteiger partial charge in [0.25, 0.3) is 0 Å². The van der Waals surface area contributed by atoms with Gasteiger partial charge in [-0.3, -0.25) is 4.99 Å². The fourth-order valence-electron chi connectivity index (χ4n) is 2.98. The number of anilines is 1. The highest BCUT2D eigenvalue weighted by molar-refractivity contribution is 6.32. The van der Waals surface area contributed by atoms with Gasteiger partial charge >= 0.3 is 0 Å².